The normalized spacial score (nSPS) is 11.7. The Morgan fingerprint density at radius 3 is 1.58 bits per heavy atom. The summed E-state index contributed by atoms with van der Waals surface area (Å²) < 4.78 is 9.65. The van der Waals surface area contributed by atoms with Gasteiger partial charge in [0.25, 0.3) is 0 Å². The molecule has 2 nitrogen and oxygen atoms in total. The van der Waals surface area contributed by atoms with Crippen LogP contribution in [0.15, 0.2) is 217 Å². The quantitative estimate of drug-likeness (QED) is 0.157. The van der Waals surface area contributed by atoms with Crippen molar-refractivity contribution in [3.63, 3.8) is 0 Å². The maximum Gasteiger partial charge on any atom is 0.143 e. The average molecular weight is 770 g/mol. The lowest BCUT2D eigenvalue weighted by molar-refractivity contribution is 0.673. The van der Waals surface area contributed by atoms with Crippen LogP contribution in [0.4, 0.5) is 17.1 Å². The number of hydrogen-bond acceptors (Lipinski definition) is 3. The molecule has 12 rings (SSSR count). The fraction of sp³-hybridized carbons (Fsp3) is 0. The van der Waals surface area contributed by atoms with Crippen molar-refractivity contribution in [1.82, 2.24) is 0 Å². The lowest BCUT2D eigenvalue weighted by Gasteiger charge is -2.29. The molecule has 0 N–H and O–H groups in total. The first kappa shape index (κ1) is 33.7. The predicted molar refractivity (Wildman–Crippen MR) is 253 cm³/mol. The number of thiophene rings is 1. The molecule has 12 aromatic rings. The molecule has 2 aromatic heterocycles. The van der Waals surface area contributed by atoms with Crippen LogP contribution in [0.3, 0.4) is 0 Å². The Morgan fingerprint density at radius 2 is 0.864 bits per heavy atom. The lowest BCUT2D eigenvalue weighted by atomic mass is 9.93. The first-order chi connectivity index (χ1) is 29.3. The summed E-state index contributed by atoms with van der Waals surface area (Å²) in [6, 6.07) is 76.8. The van der Waals surface area contributed by atoms with E-state index in [1.54, 1.807) is 0 Å². The van der Waals surface area contributed by atoms with Crippen molar-refractivity contribution in [1.29, 1.82) is 0 Å². The van der Waals surface area contributed by atoms with E-state index >= 15 is 0 Å². The number of anilines is 3. The first-order valence-corrected chi connectivity index (χ1v) is 20.9. The zero-order valence-corrected chi connectivity index (χ0v) is 32.8. The van der Waals surface area contributed by atoms with E-state index in [4.69, 9.17) is 4.42 Å². The number of fused-ring (bicyclic) bond motifs is 11. The third-order valence-electron chi connectivity index (χ3n) is 11.9. The molecule has 59 heavy (non-hydrogen) atoms. The molecule has 0 aliphatic carbocycles. The second-order valence-electron chi connectivity index (χ2n) is 15.2. The molecule has 0 fully saturated rings. The average Bonchev–Trinajstić information content (AvgIpc) is 3.90. The molecule has 0 radical (unpaired) electrons. The molecular formula is C56H35NOS. The van der Waals surface area contributed by atoms with E-state index in [2.05, 4.69) is 217 Å². The van der Waals surface area contributed by atoms with Gasteiger partial charge in [-0.2, -0.15) is 0 Å². The van der Waals surface area contributed by atoms with Crippen molar-refractivity contribution in [2.24, 2.45) is 0 Å². The number of furan rings is 1. The molecule has 0 saturated heterocycles. The third-order valence-corrected chi connectivity index (χ3v) is 13.1. The van der Waals surface area contributed by atoms with Gasteiger partial charge in [0.2, 0.25) is 0 Å². The van der Waals surface area contributed by atoms with E-state index in [0.717, 1.165) is 55.5 Å². The van der Waals surface area contributed by atoms with Crippen molar-refractivity contribution < 1.29 is 4.42 Å². The van der Waals surface area contributed by atoms with Gasteiger partial charge in [-0.1, -0.05) is 170 Å². The van der Waals surface area contributed by atoms with Gasteiger partial charge in [0.05, 0.1) is 11.1 Å². The van der Waals surface area contributed by atoms with Crippen LogP contribution in [0.2, 0.25) is 0 Å². The van der Waals surface area contributed by atoms with E-state index < -0.39 is 0 Å². The molecule has 0 amide bonds. The highest BCUT2D eigenvalue weighted by atomic mass is 32.1. The molecule has 0 spiro atoms. The van der Waals surface area contributed by atoms with Crippen LogP contribution in [0, 0.1) is 0 Å². The van der Waals surface area contributed by atoms with Crippen LogP contribution in [0.5, 0.6) is 0 Å². The molecule has 276 valence electrons. The molecule has 3 heteroatoms. The summed E-state index contributed by atoms with van der Waals surface area (Å²) in [5.74, 6) is 0. The number of nitrogens with zero attached hydrogens (tertiary/aromatic N) is 1. The van der Waals surface area contributed by atoms with Gasteiger partial charge >= 0.3 is 0 Å². The van der Waals surface area contributed by atoms with E-state index in [1.807, 2.05) is 11.3 Å². The van der Waals surface area contributed by atoms with Gasteiger partial charge in [-0.15, -0.1) is 11.3 Å². The van der Waals surface area contributed by atoms with Crippen LogP contribution in [0.25, 0.3) is 97.0 Å². The second-order valence-corrected chi connectivity index (χ2v) is 16.2. The standard InChI is InChI=1S/C56H35NOS/c1-3-14-36(15-4-1)37-26-30-40(31-27-37)57(41-32-28-39(29-33-41)43-23-13-24-49-46-20-11-12-25-51(46)59-56(43)49)54-42(38-16-5-2-6-17-38)34-35-50-53(54)52-47-21-9-7-18-44(47)45-19-8-10-22-48(45)55(52)58-50/h1-35H. The van der Waals surface area contributed by atoms with Gasteiger partial charge in [0.1, 0.15) is 11.2 Å². The molecule has 0 saturated carbocycles. The zero-order chi connectivity index (χ0) is 38.9. The first-order valence-electron chi connectivity index (χ1n) is 20.1. The van der Waals surface area contributed by atoms with Crippen molar-refractivity contribution in [2.45, 2.75) is 0 Å². The topological polar surface area (TPSA) is 16.4 Å². The third kappa shape index (κ3) is 5.40. The smallest absolute Gasteiger partial charge is 0.143 e. The van der Waals surface area contributed by atoms with Gasteiger partial charge in [-0.25, -0.2) is 0 Å². The number of benzene rings is 10. The van der Waals surface area contributed by atoms with Crippen LogP contribution < -0.4 is 4.90 Å². The summed E-state index contributed by atoms with van der Waals surface area (Å²) in [6.07, 6.45) is 0. The highest BCUT2D eigenvalue weighted by Crippen LogP contribution is 2.51. The molecule has 0 bridgehead atoms. The zero-order valence-electron chi connectivity index (χ0n) is 32.0. The lowest BCUT2D eigenvalue weighted by Crippen LogP contribution is -2.12. The fourth-order valence-electron chi connectivity index (χ4n) is 9.16. The SMILES string of the molecule is c1ccc(-c2ccc(N(c3ccc(-c4cccc5c4sc4ccccc45)cc3)c3c(-c4ccccc4)ccc4oc5c6ccccc6c6ccccc6c5c34)cc2)cc1. The van der Waals surface area contributed by atoms with Crippen molar-refractivity contribution >= 4 is 92.1 Å². The van der Waals surface area contributed by atoms with E-state index in [0.29, 0.717) is 0 Å². The summed E-state index contributed by atoms with van der Waals surface area (Å²) in [5, 5.41) is 9.53. The van der Waals surface area contributed by atoms with Crippen LogP contribution >= 0.6 is 11.3 Å². The van der Waals surface area contributed by atoms with E-state index in [1.165, 1.54) is 58.6 Å². The molecule has 0 aliphatic heterocycles. The Bertz CT molecular complexity index is 3530. The molecule has 0 atom stereocenters. The van der Waals surface area contributed by atoms with E-state index in [9.17, 15) is 0 Å². The largest absolute Gasteiger partial charge is 0.455 e. The minimum absolute atomic E-state index is 0.857. The Labute approximate surface area is 345 Å². The Kier molecular flexibility index (Phi) is 7.75. The summed E-state index contributed by atoms with van der Waals surface area (Å²) in [4.78, 5) is 2.45. The minimum atomic E-state index is 0.857. The number of rotatable bonds is 6. The maximum atomic E-state index is 7.02. The van der Waals surface area contributed by atoms with Crippen LogP contribution in [-0.4, -0.2) is 0 Å². The van der Waals surface area contributed by atoms with Crippen molar-refractivity contribution in [3.05, 3.63) is 212 Å². The van der Waals surface area contributed by atoms with Gasteiger partial charge in [-0.05, 0) is 86.4 Å². The van der Waals surface area contributed by atoms with Gasteiger partial charge in [0, 0.05) is 47.9 Å². The van der Waals surface area contributed by atoms with Crippen LogP contribution in [0.1, 0.15) is 0 Å². The molecule has 2 heterocycles. The number of hydrogen-bond donors (Lipinski definition) is 0. The highest BCUT2D eigenvalue weighted by molar-refractivity contribution is 7.26. The van der Waals surface area contributed by atoms with E-state index in [-0.39, 0.29) is 0 Å². The molecular weight excluding hydrogens is 735 g/mol. The summed E-state index contributed by atoms with van der Waals surface area (Å²) in [7, 11) is 0. The van der Waals surface area contributed by atoms with Gasteiger partial charge in [0.15, 0.2) is 0 Å². The Hall–Kier alpha value is -7.46. The highest BCUT2D eigenvalue weighted by Gasteiger charge is 2.26. The summed E-state index contributed by atoms with van der Waals surface area (Å²) >= 11 is 1.87. The predicted octanol–water partition coefficient (Wildman–Crippen LogP) is 16.7. The molecule has 0 aliphatic rings. The van der Waals surface area contributed by atoms with Gasteiger partial charge < -0.3 is 9.32 Å². The molecule has 10 aromatic carbocycles. The van der Waals surface area contributed by atoms with Crippen molar-refractivity contribution in [2.75, 3.05) is 4.90 Å². The maximum absolute atomic E-state index is 7.02. The summed E-state index contributed by atoms with van der Waals surface area (Å²) in [5.41, 5.74) is 12.1. The second kappa shape index (κ2) is 13.6. The Balaban J connectivity index is 1.15. The van der Waals surface area contributed by atoms with Crippen molar-refractivity contribution in [3.8, 4) is 33.4 Å². The Morgan fingerprint density at radius 1 is 0.339 bits per heavy atom. The van der Waals surface area contributed by atoms with Crippen LogP contribution in [-0.2, 0) is 0 Å². The van der Waals surface area contributed by atoms with Gasteiger partial charge in [-0.3, -0.25) is 0 Å². The fourth-order valence-corrected chi connectivity index (χ4v) is 10.4. The summed E-state index contributed by atoms with van der Waals surface area (Å²) in [6.45, 7) is 0. The molecule has 0 unspecified atom stereocenters. The monoisotopic (exact) mass is 769 g/mol. The minimum Gasteiger partial charge on any atom is -0.455 e.